The standard InChI is InChI=1S/C15H22N4S/c1-4-6-13-14(9-16)20-15(18-13)19(3)10-12-8-5-7-11(2)17-12/h5,7-8H,4,6,9-10,16H2,1-3H3. The van der Waals surface area contributed by atoms with Crippen molar-refractivity contribution in [3.63, 3.8) is 0 Å². The van der Waals surface area contributed by atoms with Gasteiger partial charge in [-0.25, -0.2) is 4.98 Å². The van der Waals surface area contributed by atoms with Crippen molar-refractivity contribution < 1.29 is 0 Å². The maximum atomic E-state index is 5.81. The molecule has 0 saturated carbocycles. The molecule has 4 nitrogen and oxygen atoms in total. The van der Waals surface area contributed by atoms with Crippen LogP contribution in [0, 0.1) is 6.92 Å². The lowest BCUT2D eigenvalue weighted by atomic mass is 10.2. The largest absolute Gasteiger partial charge is 0.345 e. The smallest absolute Gasteiger partial charge is 0.185 e. The second-order valence-electron chi connectivity index (χ2n) is 4.95. The molecular formula is C15H22N4S. The molecule has 2 aromatic rings. The number of hydrogen-bond acceptors (Lipinski definition) is 5. The van der Waals surface area contributed by atoms with E-state index >= 15 is 0 Å². The first-order valence-corrected chi connectivity index (χ1v) is 7.78. The van der Waals surface area contributed by atoms with Gasteiger partial charge in [0.2, 0.25) is 0 Å². The molecule has 0 amide bonds. The third-order valence-corrected chi connectivity index (χ3v) is 4.35. The van der Waals surface area contributed by atoms with Gasteiger partial charge in [0.05, 0.1) is 17.9 Å². The second-order valence-corrected chi connectivity index (χ2v) is 6.01. The van der Waals surface area contributed by atoms with Crippen LogP contribution in [0.1, 0.15) is 35.3 Å². The monoisotopic (exact) mass is 290 g/mol. The lowest BCUT2D eigenvalue weighted by molar-refractivity contribution is 0.843. The summed E-state index contributed by atoms with van der Waals surface area (Å²) in [6.07, 6.45) is 2.10. The van der Waals surface area contributed by atoms with E-state index in [0.717, 1.165) is 41.6 Å². The minimum atomic E-state index is 0.573. The topological polar surface area (TPSA) is 55.0 Å². The molecule has 0 aromatic carbocycles. The van der Waals surface area contributed by atoms with Gasteiger partial charge in [0.25, 0.3) is 0 Å². The van der Waals surface area contributed by atoms with E-state index in [1.54, 1.807) is 11.3 Å². The molecule has 0 saturated heterocycles. The summed E-state index contributed by atoms with van der Waals surface area (Å²) in [5.74, 6) is 0. The van der Waals surface area contributed by atoms with Crippen molar-refractivity contribution in [2.75, 3.05) is 11.9 Å². The van der Waals surface area contributed by atoms with Crippen molar-refractivity contribution in [1.82, 2.24) is 9.97 Å². The van der Waals surface area contributed by atoms with Gasteiger partial charge in [0.1, 0.15) is 0 Å². The van der Waals surface area contributed by atoms with Gasteiger partial charge in [-0.1, -0.05) is 19.4 Å². The zero-order chi connectivity index (χ0) is 14.5. The minimum Gasteiger partial charge on any atom is -0.345 e. The summed E-state index contributed by atoms with van der Waals surface area (Å²) in [5.41, 5.74) is 9.07. The summed E-state index contributed by atoms with van der Waals surface area (Å²) in [7, 11) is 2.05. The summed E-state index contributed by atoms with van der Waals surface area (Å²) < 4.78 is 0. The lowest BCUT2D eigenvalue weighted by Crippen LogP contribution is -2.17. The SMILES string of the molecule is CCCc1nc(N(C)Cc2cccc(C)n2)sc1CN. The van der Waals surface area contributed by atoms with Gasteiger partial charge >= 0.3 is 0 Å². The van der Waals surface area contributed by atoms with Gasteiger partial charge in [-0.2, -0.15) is 0 Å². The fourth-order valence-corrected chi connectivity index (χ4v) is 3.07. The maximum absolute atomic E-state index is 5.81. The summed E-state index contributed by atoms with van der Waals surface area (Å²) in [6, 6.07) is 6.11. The molecule has 2 rings (SSSR count). The van der Waals surface area contributed by atoms with Gasteiger partial charge in [-0.05, 0) is 25.5 Å². The Kier molecular flexibility index (Phi) is 5.09. The summed E-state index contributed by atoms with van der Waals surface area (Å²) >= 11 is 1.69. The molecular weight excluding hydrogens is 268 g/mol. The Labute approximate surface area is 124 Å². The highest BCUT2D eigenvalue weighted by Crippen LogP contribution is 2.27. The van der Waals surface area contributed by atoms with Crippen molar-refractivity contribution in [3.05, 3.63) is 40.2 Å². The Bertz CT molecular complexity index is 565. The molecule has 0 radical (unpaired) electrons. The molecule has 0 fully saturated rings. The number of nitrogens with zero attached hydrogens (tertiary/aromatic N) is 3. The van der Waals surface area contributed by atoms with Crippen LogP contribution in [0.3, 0.4) is 0 Å². The van der Waals surface area contributed by atoms with E-state index < -0.39 is 0 Å². The van der Waals surface area contributed by atoms with E-state index in [1.807, 2.05) is 25.1 Å². The van der Waals surface area contributed by atoms with E-state index in [4.69, 9.17) is 10.7 Å². The minimum absolute atomic E-state index is 0.573. The average molecular weight is 290 g/mol. The van der Waals surface area contributed by atoms with Gasteiger partial charge in [0.15, 0.2) is 5.13 Å². The average Bonchev–Trinajstić information content (AvgIpc) is 2.82. The molecule has 0 unspecified atom stereocenters. The Hall–Kier alpha value is -1.46. The molecule has 2 heterocycles. The number of pyridine rings is 1. The summed E-state index contributed by atoms with van der Waals surface area (Å²) in [5, 5.41) is 1.03. The molecule has 0 aliphatic rings. The van der Waals surface area contributed by atoms with Crippen molar-refractivity contribution in [2.24, 2.45) is 5.73 Å². The number of aromatic nitrogens is 2. The molecule has 0 spiro atoms. The first kappa shape index (κ1) is 14.9. The number of nitrogens with two attached hydrogens (primary N) is 1. The quantitative estimate of drug-likeness (QED) is 0.889. The van der Waals surface area contributed by atoms with Crippen LogP contribution >= 0.6 is 11.3 Å². The van der Waals surface area contributed by atoms with Crippen molar-refractivity contribution in [1.29, 1.82) is 0 Å². The molecule has 0 bridgehead atoms. The zero-order valence-corrected chi connectivity index (χ0v) is 13.2. The number of rotatable bonds is 6. The Morgan fingerprint density at radius 3 is 2.75 bits per heavy atom. The van der Waals surface area contributed by atoms with Crippen molar-refractivity contribution in [2.45, 2.75) is 39.8 Å². The highest BCUT2D eigenvalue weighted by Gasteiger charge is 2.13. The third kappa shape index (κ3) is 3.55. The fraction of sp³-hybridized carbons (Fsp3) is 0.467. The molecule has 20 heavy (non-hydrogen) atoms. The van der Waals surface area contributed by atoms with E-state index in [-0.39, 0.29) is 0 Å². The van der Waals surface area contributed by atoms with Crippen LogP contribution < -0.4 is 10.6 Å². The van der Waals surface area contributed by atoms with Crippen LogP contribution in [-0.2, 0) is 19.5 Å². The predicted octanol–water partition coefficient (Wildman–Crippen LogP) is 2.89. The van der Waals surface area contributed by atoms with Crippen LogP contribution in [0.4, 0.5) is 5.13 Å². The van der Waals surface area contributed by atoms with Crippen LogP contribution in [-0.4, -0.2) is 17.0 Å². The van der Waals surface area contributed by atoms with Gasteiger partial charge in [-0.3, -0.25) is 4.98 Å². The van der Waals surface area contributed by atoms with E-state index in [1.165, 1.54) is 4.88 Å². The van der Waals surface area contributed by atoms with Crippen LogP contribution in [0.15, 0.2) is 18.2 Å². The molecule has 0 aliphatic heterocycles. The molecule has 0 atom stereocenters. The van der Waals surface area contributed by atoms with E-state index in [2.05, 4.69) is 23.9 Å². The lowest BCUT2D eigenvalue weighted by Gasteiger charge is -2.15. The number of anilines is 1. The molecule has 2 N–H and O–H groups in total. The Balaban J connectivity index is 2.14. The van der Waals surface area contributed by atoms with Crippen molar-refractivity contribution >= 4 is 16.5 Å². The normalized spacial score (nSPS) is 10.8. The molecule has 5 heteroatoms. The van der Waals surface area contributed by atoms with Gasteiger partial charge < -0.3 is 10.6 Å². The first-order valence-electron chi connectivity index (χ1n) is 6.96. The maximum Gasteiger partial charge on any atom is 0.185 e. The summed E-state index contributed by atoms with van der Waals surface area (Å²) in [6.45, 7) is 5.52. The molecule has 108 valence electrons. The Morgan fingerprint density at radius 2 is 2.10 bits per heavy atom. The van der Waals surface area contributed by atoms with E-state index in [0.29, 0.717) is 6.54 Å². The highest BCUT2D eigenvalue weighted by atomic mass is 32.1. The van der Waals surface area contributed by atoms with Gasteiger partial charge in [-0.15, -0.1) is 11.3 Å². The molecule has 2 aromatic heterocycles. The Morgan fingerprint density at radius 1 is 1.30 bits per heavy atom. The second kappa shape index (κ2) is 6.81. The van der Waals surface area contributed by atoms with E-state index in [9.17, 15) is 0 Å². The predicted molar refractivity (Wildman–Crippen MR) is 85.1 cm³/mol. The number of hydrogen-bond donors (Lipinski definition) is 1. The molecule has 0 aliphatic carbocycles. The van der Waals surface area contributed by atoms with Crippen LogP contribution in [0.2, 0.25) is 0 Å². The fourth-order valence-electron chi connectivity index (χ4n) is 2.12. The van der Waals surface area contributed by atoms with Crippen molar-refractivity contribution in [3.8, 4) is 0 Å². The van der Waals surface area contributed by atoms with Crippen LogP contribution in [0.25, 0.3) is 0 Å². The zero-order valence-electron chi connectivity index (χ0n) is 12.4. The highest BCUT2D eigenvalue weighted by molar-refractivity contribution is 7.15. The third-order valence-electron chi connectivity index (χ3n) is 3.11. The van der Waals surface area contributed by atoms with Crippen LogP contribution in [0.5, 0.6) is 0 Å². The first-order chi connectivity index (χ1) is 9.63. The summed E-state index contributed by atoms with van der Waals surface area (Å²) in [4.78, 5) is 12.6. The van der Waals surface area contributed by atoms with Gasteiger partial charge in [0, 0.05) is 24.2 Å². The number of aryl methyl sites for hydroxylation is 2. The number of thiazole rings is 1.